The molecule has 0 radical (unpaired) electrons. The highest BCUT2D eigenvalue weighted by molar-refractivity contribution is 6.74. The number of allylic oxidation sites excluding steroid dienone is 2. The summed E-state index contributed by atoms with van der Waals surface area (Å²) in [6, 6.07) is 0. The Morgan fingerprint density at radius 2 is 1.50 bits per heavy atom. The number of hydrogen-bond donors (Lipinski definition) is 1. The van der Waals surface area contributed by atoms with E-state index in [1.807, 2.05) is 0 Å². The minimum absolute atomic E-state index is 0.146. The van der Waals surface area contributed by atoms with Crippen LogP contribution in [-0.2, 0) is 8.85 Å². The number of hydrogen-bond acceptors (Lipinski definition) is 3. The third-order valence-electron chi connectivity index (χ3n) is 11.9. The van der Waals surface area contributed by atoms with Gasteiger partial charge in [0.25, 0.3) is 0 Å². The first-order valence-electron chi connectivity index (χ1n) is 14.9. The Labute approximate surface area is 226 Å². The van der Waals surface area contributed by atoms with Crippen LogP contribution in [0.5, 0.6) is 0 Å². The molecule has 0 aromatic heterocycles. The van der Waals surface area contributed by atoms with Gasteiger partial charge in [0.05, 0.1) is 6.10 Å². The molecule has 0 bridgehead atoms. The molecule has 210 valence electrons. The van der Waals surface area contributed by atoms with Gasteiger partial charge in [-0.1, -0.05) is 67.5 Å². The molecule has 0 saturated heterocycles. The molecule has 0 heterocycles. The predicted molar refractivity (Wildman–Crippen MR) is 159 cm³/mol. The first kappa shape index (κ1) is 30.6. The van der Waals surface area contributed by atoms with Gasteiger partial charge in [-0.05, 0) is 110 Å². The van der Waals surface area contributed by atoms with Crippen LogP contribution in [0.3, 0.4) is 0 Å². The largest absolute Gasteiger partial charge is 0.417 e. The Morgan fingerprint density at radius 1 is 0.889 bits per heavy atom. The third-order valence-corrected chi connectivity index (χ3v) is 21.0. The molecule has 2 fully saturated rings. The van der Waals surface area contributed by atoms with E-state index >= 15 is 0 Å². The van der Waals surface area contributed by atoms with E-state index in [1.54, 1.807) is 0 Å². The first-order chi connectivity index (χ1) is 16.2. The lowest BCUT2D eigenvalue weighted by Crippen LogP contribution is -2.54. The molecule has 36 heavy (non-hydrogen) atoms. The highest BCUT2D eigenvalue weighted by Gasteiger charge is 2.55. The van der Waals surface area contributed by atoms with Crippen molar-refractivity contribution < 1.29 is 14.0 Å². The van der Waals surface area contributed by atoms with Crippen LogP contribution >= 0.6 is 0 Å². The van der Waals surface area contributed by atoms with E-state index in [-0.39, 0.29) is 27.0 Å². The van der Waals surface area contributed by atoms with Crippen LogP contribution in [0.1, 0.15) is 100 Å². The monoisotopic (exact) mass is 536 g/mol. The molecular weight excluding hydrogens is 477 g/mol. The second-order valence-corrected chi connectivity index (χ2v) is 25.8. The van der Waals surface area contributed by atoms with Crippen LogP contribution in [0.15, 0.2) is 12.2 Å². The van der Waals surface area contributed by atoms with Crippen molar-refractivity contribution in [2.24, 2.45) is 28.6 Å². The molecule has 3 aliphatic carbocycles. The van der Waals surface area contributed by atoms with Crippen LogP contribution in [0.2, 0.25) is 36.3 Å². The number of aliphatic hydroxyl groups excluding tert-OH is 1. The lowest BCUT2D eigenvalue weighted by atomic mass is 9.51. The van der Waals surface area contributed by atoms with E-state index in [2.05, 4.69) is 93.7 Å². The normalized spacial score (nSPS) is 38.3. The number of fused-ring (bicyclic) bond motifs is 1. The van der Waals surface area contributed by atoms with Crippen LogP contribution in [0.25, 0.3) is 0 Å². The van der Waals surface area contributed by atoms with Crippen molar-refractivity contribution in [1.82, 2.24) is 0 Å². The van der Waals surface area contributed by atoms with Crippen LogP contribution in [0, 0.1) is 28.6 Å². The Balaban J connectivity index is 1.80. The van der Waals surface area contributed by atoms with Crippen molar-refractivity contribution in [3.8, 4) is 0 Å². The second kappa shape index (κ2) is 10.2. The fraction of sp³-hybridized carbons (Fsp3) is 0.935. The van der Waals surface area contributed by atoms with Crippen molar-refractivity contribution in [3.05, 3.63) is 12.2 Å². The summed E-state index contributed by atoms with van der Waals surface area (Å²) in [4.78, 5) is 0. The second-order valence-electron chi connectivity index (χ2n) is 16.3. The highest BCUT2D eigenvalue weighted by Crippen LogP contribution is 2.59. The molecule has 7 atom stereocenters. The molecule has 0 aromatic rings. The average Bonchev–Trinajstić information content (AvgIpc) is 3.11. The number of rotatable bonds is 7. The quantitative estimate of drug-likeness (QED) is 0.261. The first-order valence-corrected chi connectivity index (χ1v) is 20.7. The molecule has 2 unspecified atom stereocenters. The van der Waals surface area contributed by atoms with Gasteiger partial charge < -0.3 is 14.0 Å². The summed E-state index contributed by atoms with van der Waals surface area (Å²) in [5.74, 6) is 1.30. The molecule has 2 saturated carbocycles. The van der Waals surface area contributed by atoms with Crippen molar-refractivity contribution in [2.75, 3.05) is 6.61 Å². The summed E-state index contributed by atoms with van der Waals surface area (Å²) in [6.07, 6.45) is 12.8. The predicted octanol–water partition coefficient (Wildman–Crippen LogP) is 8.95. The third kappa shape index (κ3) is 5.95. The summed E-state index contributed by atoms with van der Waals surface area (Å²) in [7, 11) is -3.60. The van der Waals surface area contributed by atoms with Gasteiger partial charge in [-0.15, -0.1) is 0 Å². The van der Waals surface area contributed by atoms with Crippen molar-refractivity contribution >= 4 is 16.6 Å². The van der Waals surface area contributed by atoms with E-state index in [0.717, 1.165) is 45.1 Å². The topological polar surface area (TPSA) is 38.7 Å². The molecule has 5 heteroatoms. The zero-order chi connectivity index (χ0) is 27.4. The van der Waals surface area contributed by atoms with Crippen LogP contribution in [0.4, 0.5) is 0 Å². The molecule has 3 aliphatic rings. The molecule has 0 spiro atoms. The van der Waals surface area contributed by atoms with E-state index in [1.165, 1.54) is 6.42 Å². The fourth-order valence-electron chi connectivity index (χ4n) is 7.00. The Morgan fingerprint density at radius 3 is 2.08 bits per heavy atom. The van der Waals surface area contributed by atoms with Gasteiger partial charge >= 0.3 is 0 Å². The summed E-state index contributed by atoms with van der Waals surface area (Å²) in [5.41, 5.74) is 0.337. The number of aliphatic hydroxyl groups is 1. The zero-order valence-corrected chi connectivity index (χ0v) is 28.0. The van der Waals surface area contributed by atoms with Crippen LogP contribution in [-0.4, -0.2) is 40.6 Å². The SMILES string of the molecule is CC(C)(C)[Si](C)(C)OCC[C@H]1C[C@@H](O[Si](C)(C)C(C)(C)C)CC[C@]1(C)C1CC[C@]2(C)C=CCC2[C@@H]1O. The van der Waals surface area contributed by atoms with E-state index < -0.39 is 16.6 Å². The van der Waals surface area contributed by atoms with Gasteiger partial charge in [0.1, 0.15) is 0 Å². The molecule has 1 N–H and O–H groups in total. The van der Waals surface area contributed by atoms with Gasteiger partial charge in [-0.3, -0.25) is 0 Å². The molecule has 3 nitrogen and oxygen atoms in total. The Hall–Kier alpha value is 0.0538. The minimum atomic E-state index is -1.82. The Bertz CT molecular complexity index is 793. The molecular formula is C31H60O3Si2. The molecule has 0 amide bonds. The maximum atomic E-state index is 11.8. The van der Waals surface area contributed by atoms with Crippen LogP contribution < -0.4 is 0 Å². The molecule has 3 rings (SSSR count). The zero-order valence-electron chi connectivity index (χ0n) is 26.0. The maximum absolute atomic E-state index is 11.8. The maximum Gasteiger partial charge on any atom is 0.192 e. The van der Waals surface area contributed by atoms with Crippen molar-refractivity contribution in [3.63, 3.8) is 0 Å². The lowest BCUT2D eigenvalue weighted by molar-refractivity contribution is -0.120. The van der Waals surface area contributed by atoms with E-state index in [4.69, 9.17) is 8.85 Å². The highest BCUT2D eigenvalue weighted by atomic mass is 28.4. The van der Waals surface area contributed by atoms with E-state index in [9.17, 15) is 5.11 Å². The van der Waals surface area contributed by atoms with Crippen molar-refractivity contribution in [2.45, 2.75) is 149 Å². The molecule has 0 aromatic carbocycles. The molecule has 0 aliphatic heterocycles. The fourth-order valence-corrected chi connectivity index (χ4v) is 9.46. The summed E-state index contributed by atoms with van der Waals surface area (Å²) < 4.78 is 13.7. The lowest BCUT2D eigenvalue weighted by Gasteiger charge is -2.56. The summed E-state index contributed by atoms with van der Waals surface area (Å²) in [5, 5.41) is 12.2. The summed E-state index contributed by atoms with van der Waals surface area (Å²) >= 11 is 0. The standard InChI is InChI=1S/C31H60O3Si2/c1-28(2,3)35(9,10)33-21-17-23-22-24(34-36(11,12)29(4,5)6)15-20-31(23,8)26-16-19-30(7)18-13-14-25(30)27(26)32/h13,18,23-27,32H,14-17,19-22H2,1-12H3/t23-,24-,25?,26?,27-,30-,31-/m0/s1. The average molecular weight is 537 g/mol. The minimum Gasteiger partial charge on any atom is -0.417 e. The van der Waals surface area contributed by atoms with Crippen molar-refractivity contribution in [1.29, 1.82) is 0 Å². The van der Waals surface area contributed by atoms with Gasteiger partial charge in [-0.2, -0.15) is 0 Å². The summed E-state index contributed by atoms with van der Waals surface area (Å²) in [6.45, 7) is 29.3. The van der Waals surface area contributed by atoms with Gasteiger partial charge in [0, 0.05) is 12.7 Å². The van der Waals surface area contributed by atoms with E-state index in [0.29, 0.717) is 23.9 Å². The Kier molecular flexibility index (Phi) is 8.69. The van der Waals surface area contributed by atoms with Gasteiger partial charge in [0.2, 0.25) is 0 Å². The van der Waals surface area contributed by atoms with Gasteiger partial charge in [0.15, 0.2) is 16.6 Å². The smallest absolute Gasteiger partial charge is 0.192 e. The van der Waals surface area contributed by atoms with Gasteiger partial charge in [-0.25, -0.2) is 0 Å².